The van der Waals surface area contributed by atoms with Gasteiger partial charge in [-0.2, -0.15) is 0 Å². The molecule has 0 radical (unpaired) electrons. The molecule has 0 saturated carbocycles. The number of nitrogens with zero attached hydrogens (tertiary/aromatic N) is 5. The third-order valence-electron chi connectivity index (χ3n) is 5.81. The molecule has 1 amide bonds. The van der Waals surface area contributed by atoms with E-state index in [-0.39, 0.29) is 0 Å². The molecular weight excluding hydrogens is 376 g/mol. The van der Waals surface area contributed by atoms with Gasteiger partial charge in [0.25, 0.3) is 5.91 Å². The van der Waals surface area contributed by atoms with E-state index in [4.69, 9.17) is 0 Å². The first-order valence-corrected chi connectivity index (χ1v) is 10.1. The molecule has 2 fully saturated rings. The Labute approximate surface area is 169 Å². The first-order valence-electron chi connectivity index (χ1n) is 10.1. The summed E-state index contributed by atoms with van der Waals surface area (Å²) in [6.07, 6.45) is 2.34. The zero-order valence-electron chi connectivity index (χ0n) is 16.5. The molecule has 0 unspecified atom stereocenters. The molecule has 2 saturated heterocycles. The Balaban J connectivity index is 1.36. The maximum absolute atomic E-state index is 13.9. The molecule has 0 atom stereocenters. The van der Waals surface area contributed by atoms with Crippen LogP contribution in [0.15, 0.2) is 30.3 Å². The van der Waals surface area contributed by atoms with E-state index in [2.05, 4.69) is 22.0 Å². The summed E-state index contributed by atoms with van der Waals surface area (Å²) >= 11 is 0. The molecule has 3 heterocycles. The summed E-state index contributed by atoms with van der Waals surface area (Å²) in [5, 5.41) is 8.75. The number of hydrogen-bond acceptors (Lipinski definition) is 5. The average Bonchev–Trinajstić information content (AvgIpc) is 2.74. The van der Waals surface area contributed by atoms with E-state index in [0.29, 0.717) is 26.2 Å². The quantitative estimate of drug-likeness (QED) is 0.792. The molecule has 154 valence electrons. The minimum atomic E-state index is -0.828. The van der Waals surface area contributed by atoms with Crippen LogP contribution in [-0.2, 0) is 0 Å². The number of carbonyl (C=O) groups is 1. The SMILES string of the molecule is CC1CCN(c2ccc(N3CCN(C(=O)c4c(F)cccc4F)CC3)nn2)CC1. The van der Waals surface area contributed by atoms with Crippen LogP contribution in [-0.4, -0.2) is 60.3 Å². The van der Waals surface area contributed by atoms with Crippen molar-refractivity contribution in [2.24, 2.45) is 5.92 Å². The highest BCUT2D eigenvalue weighted by molar-refractivity contribution is 5.95. The van der Waals surface area contributed by atoms with E-state index in [0.717, 1.165) is 42.8 Å². The third-order valence-corrected chi connectivity index (χ3v) is 5.81. The van der Waals surface area contributed by atoms with Crippen molar-refractivity contribution in [1.29, 1.82) is 0 Å². The van der Waals surface area contributed by atoms with Crippen molar-refractivity contribution >= 4 is 17.5 Å². The van der Waals surface area contributed by atoms with Crippen molar-refractivity contribution in [3.63, 3.8) is 0 Å². The molecule has 4 rings (SSSR count). The van der Waals surface area contributed by atoms with Crippen LogP contribution >= 0.6 is 0 Å². The van der Waals surface area contributed by atoms with Crippen molar-refractivity contribution in [3.8, 4) is 0 Å². The first kappa shape index (κ1) is 19.5. The standard InChI is InChI=1S/C21H25F2N5O/c1-15-7-9-26(10-8-15)18-5-6-19(25-24-18)27-11-13-28(14-12-27)21(29)20-16(22)3-2-4-17(20)23/h2-6,15H,7-14H2,1H3. The lowest BCUT2D eigenvalue weighted by Crippen LogP contribution is -2.49. The van der Waals surface area contributed by atoms with Crippen molar-refractivity contribution in [3.05, 3.63) is 47.5 Å². The number of amides is 1. The fourth-order valence-electron chi connectivity index (χ4n) is 3.89. The second-order valence-corrected chi connectivity index (χ2v) is 7.80. The van der Waals surface area contributed by atoms with Gasteiger partial charge < -0.3 is 14.7 Å². The number of rotatable bonds is 3. The number of benzene rings is 1. The van der Waals surface area contributed by atoms with Crippen LogP contribution in [0.5, 0.6) is 0 Å². The van der Waals surface area contributed by atoms with Crippen LogP contribution in [0.2, 0.25) is 0 Å². The van der Waals surface area contributed by atoms with Gasteiger partial charge in [-0.05, 0) is 43.0 Å². The lowest BCUT2D eigenvalue weighted by Gasteiger charge is -2.35. The van der Waals surface area contributed by atoms with Gasteiger partial charge in [-0.1, -0.05) is 13.0 Å². The van der Waals surface area contributed by atoms with E-state index in [1.807, 2.05) is 17.0 Å². The molecule has 0 N–H and O–H groups in total. The molecule has 29 heavy (non-hydrogen) atoms. The number of anilines is 2. The van der Waals surface area contributed by atoms with Crippen molar-refractivity contribution in [2.75, 3.05) is 49.1 Å². The van der Waals surface area contributed by atoms with Gasteiger partial charge in [0.05, 0.1) is 0 Å². The summed E-state index contributed by atoms with van der Waals surface area (Å²) in [4.78, 5) is 18.3. The van der Waals surface area contributed by atoms with Gasteiger partial charge in [-0.15, -0.1) is 10.2 Å². The van der Waals surface area contributed by atoms with Gasteiger partial charge in [0.2, 0.25) is 0 Å². The monoisotopic (exact) mass is 401 g/mol. The second kappa shape index (κ2) is 8.31. The van der Waals surface area contributed by atoms with Crippen LogP contribution in [0.4, 0.5) is 20.4 Å². The molecule has 0 bridgehead atoms. The topological polar surface area (TPSA) is 52.6 Å². The van der Waals surface area contributed by atoms with Crippen LogP contribution in [0.1, 0.15) is 30.1 Å². The van der Waals surface area contributed by atoms with E-state index in [1.54, 1.807) is 0 Å². The van der Waals surface area contributed by atoms with Crippen molar-refractivity contribution in [1.82, 2.24) is 15.1 Å². The number of carbonyl (C=O) groups excluding carboxylic acids is 1. The minimum absolute atomic E-state index is 0.375. The zero-order chi connectivity index (χ0) is 20.4. The minimum Gasteiger partial charge on any atom is -0.355 e. The maximum Gasteiger partial charge on any atom is 0.259 e. The molecule has 2 aliphatic rings. The Morgan fingerprint density at radius 1 is 0.862 bits per heavy atom. The van der Waals surface area contributed by atoms with Crippen LogP contribution < -0.4 is 9.80 Å². The predicted molar refractivity (Wildman–Crippen MR) is 107 cm³/mol. The lowest BCUT2D eigenvalue weighted by atomic mass is 9.99. The number of piperidine rings is 1. The van der Waals surface area contributed by atoms with Gasteiger partial charge in [0.15, 0.2) is 11.6 Å². The summed E-state index contributed by atoms with van der Waals surface area (Å²) in [6.45, 7) is 6.11. The summed E-state index contributed by atoms with van der Waals surface area (Å²) < 4.78 is 27.8. The Morgan fingerprint density at radius 3 is 1.90 bits per heavy atom. The van der Waals surface area contributed by atoms with Gasteiger partial charge in [0.1, 0.15) is 17.2 Å². The van der Waals surface area contributed by atoms with Crippen LogP contribution in [0.3, 0.4) is 0 Å². The lowest BCUT2D eigenvalue weighted by molar-refractivity contribution is 0.0736. The van der Waals surface area contributed by atoms with Crippen LogP contribution in [0, 0.1) is 17.6 Å². The van der Waals surface area contributed by atoms with Gasteiger partial charge in [-0.25, -0.2) is 8.78 Å². The fourth-order valence-corrected chi connectivity index (χ4v) is 3.89. The maximum atomic E-state index is 13.9. The molecule has 2 aromatic rings. The summed E-state index contributed by atoms with van der Waals surface area (Å²) in [6, 6.07) is 7.41. The average molecular weight is 401 g/mol. The van der Waals surface area contributed by atoms with Crippen LogP contribution in [0.25, 0.3) is 0 Å². The highest BCUT2D eigenvalue weighted by Crippen LogP contribution is 2.23. The second-order valence-electron chi connectivity index (χ2n) is 7.80. The smallest absolute Gasteiger partial charge is 0.259 e. The summed E-state index contributed by atoms with van der Waals surface area (Å²) in [5.74, 6) is 0.140. The van der Waals surface area contributed by atoms with E-state index >= 15 is 0 Å². The van der Waals surface area contributed by atoms with E-state index < -0.39 is 23.1 Å². The number of aromatic nitrogens is 2. The first-order chi connectivity index (χ1) is 14.0. The molecule has 1 aromatic carbocycles. The van der Waals surface area contributed by atoms with Crippen molar-refractivity contribution in [2.45, 2.75) is 19.8 Å². The molecule has 0 aliphatic carbocycles. The Hall–Kier alpha value is -2.77. The molecule has 6 nitrogen and oxygen atoms in total. The summed E-state index contributed by atoms with van der Waals surface area (Å²) in [5.41, 5.74) is -0.485. The van der Waals surface area contributed by atoms with Crippen molar-refractivity contribution < 1.29 is 13.6 Å². The Bertz CT molecular complexity index is 840. The Kier molecular flexibility index (Phi) is 5.60. The molecule has 1 aromatic heterocycles. The highest BCUT2D eigenvalue weighted by Gasteiger charge is 2.27. The van der Waals surface area contributed by atoms with E-state index in [1.165, 1.54) is 23.8 Å². The highest BCUT2D eigenvalue weighted by atomic mass is 19.1. The number of halogens is 2. The van der Waals surface area contributed by atoms with E-state index in [9.17, 15) is 13.6 Å². The normalized spacial score (nSPS) is 18.2. The van der Waals surface area contributed by atoms with Gasteiger partial charge >= 0.3 is 0 Å². The third kappa shape index (κ3) is 4.16. The molecule has 8 heteroatoms. The predicted octanol–water partition coefficient (Wildman–Crippen LogP) is 2.95. The van der Waals surface area contributed by atoms with Gasteiger partial charge in [0, 0.05) is 39.3 Å². The molecule has 2 aliphatic heterocycles. The molecule has 0 spiro atoms. The molecular formula is C21H25F2N5O. The number of hydrogen-bond donors (Lipinski definition) is 0. The van der Waals surface area contributed by atoms with Gasteiger partial charge in [-0.3, -0.25) is 4.79 Å². The number of piperazine rings is 1. The largest absolute Gasteiger partial charge is 0.355 e. The fraction of sp³-hybridized carbons (Fsp3) is 0.476. The zero-order valence-corrected chi connectivity index (χ0v) is 16.5. The summed E-state index contributed by atoms with van der Waals surface area (Å²) in [7, 11) is 0. The Morgan fingerprint density at radius 2 is 1.38 bits per heavy atom.